The van der Waals surface area contributed by atoms with Gasteiger partial charge in [-0.2, -0.15) is 0 Å². The maximum Gasteiger partial charge on any atom is 0.270 e. The molecule has 0 unspecified atom stereocenters. The fourth-order valence-corrected chi connectivity index (χ4v) is 1.88. The van der Waals surface area contributed by atoms with E-state index in [1.807, 2.05) is 31.2 Å². The van der Waals surface area contributed by atoms with Crippen molar-refractivity contribution in [1.29, 1.82) is 0 Å². The molecular weight excluding hydrogens is 278 g/mol. The molecule has 0 aliphatic heterocycles. The molecule has 22 heavy (non-hydrogen) atoms. The maximum atomic E-state index is 12.2. The summed E-state index contributed by atoms with van der Waals surface area (Å²) in [6, 6.07) is 10.5. The van der Waals surface area contributed by atoms with Crippen molar-refractivity contribution in [2.24, 2.45) is 0 Å². The van der Waals surface area contributed by atoms with Crippen LogP contribution in [0.15, 0.2) is 55.3 Å². The normalized spacial score (nSPS) is 9.86. The molecule has 1 aromatic heterocycles. The van der Waals surface area contributed by atoms with Crippen molar-refractivity contribution in [2.45, 2.75) is 6.92 Å². The number of hydrogen-bond acceptors (Lipinski definition) is 3. The zero-order chi connectivity index (χ0) is 15.9. The van der Waals surface area contributed by atoms with Gasteiger partial charge in [-0.3, -0.25) is 14.6 Å². The van der Waals surface area contributed by atoms with Crippen molar-refractivity contribution in [3.63, 3.8) is 0 Å². The Kier molecular flexibility index (Phi) is 5.03. The largest absolute Gasteiger partial charge is 0.347 e. The average molecular weight is 295 g/mol. The highest BCUT2D eigenvalue weighted by Crippen LogP contribution is 2.12. The van der Waals surface area contributed by atoms with Gasteiger partial charge >= 0.3 is 0 Å². The molecular formula is C17H17N3O2. The molecule has 2 amide bonds. The van der Waals surface area contributed by atoms with E-state index in [4.69, 9.17) is 0 Å². The standard InChI is InChI=1S/C17H17N3O2/c1-3-8-19-17(22)15-11-13(7-9-18-15)16(21)20-14-6-4-5-12(2)10-14/h3-7,9-11H,1,8H2,2H3,(H,19,22)(H,20,21). The number of carbonyl (C=O) groups excluding carboxylic acids is 2. The van der Waals surface area contributed by atoms with Gasteiger partial charge in [-0.15, -0.1) is 6.58 Å². The first-order valence-electron chi connectivity index (χ1n) is 6.83. The summed E-state index contributed by atoms with van der Waals surface area (Å²) in [5, 5.41) is 5.41. The third-order valence-electron chi connectivity index (χ3n) is 2.94. The third-order valence-corrected chi connectivity index (χ3v) is 2.94. The Bertz CT molecular complexity index is 711. The zero-order valence-electron chi connectivity index (χ0n) is 12.3. The predicted octanol–water partition coefficient (Wildman–Crippen LogP) is 2.56. The number of nitrogens with zero attached hydrogens (tertiary/aromatic N) is 1. The molecule has 0 saturated carbocycles. The van der Waals surface area contributed by atoms with Crippen LogP contribution in [0.2, 0.25) is 0 Å². The molecule has 1 heterocycles. The van der Waals surface area contributed by atoms with Crippen LogP contribution in [-0.4, -0.2) is 23.3 Å². The monoisotopic (exact) mass is 295 g/mol. The molecule has 2 aromatic rings. The molecule has 0 bridgehead atoms. The number of pyridine rings is 1. The number of aromatic nitrogens is 1. The van der Waals surface area contributed by atoms with Gasteiger partial charge in [-0.05, 0) is 36.8 Å². The van der Waals surface area contributed by atoms with Gasteiger partial charge in [0.2, 0.25) is 0 Å². The SMILES string of the molecule is C=CCNC(=O)c1cc(C(=O)Nc2cccc(C)c2)ccn1. The maximum absolute atomic E-state index is 12.2. The van der Waals surface area contributed by atoms with Crippen molar-refractivity contribution in [3.05, 3.63) is 72.1 Å². The van der Waals surface area contributed by atoms with Crippen LogP contribution in [0, 0.1) is 6.92 Å². The lowest BCUT2D eigenvalue weighted by atomic mass is 10.2. The molecule has 0 aliphatic rings. The number of hydrogen-bond donors (Lipinski definition) is 2. The van der Waals surface area contributed by atoms with Crippen LogP contribution in [0.3, 0.4) is 0 Å². The lowest BCUT2D eigenvalue weighted by molar-refractivity contribution is 0.0953. The van der Waals surface area contributed by atoms with Gasteiger partial charge in [0.15, 0.2) is 0 Å². The first kappa shape index (κ1) is 15.4. The van der Waals surface area contributed by atoms with Gasteiger partial charge in [0.1, 0.15) is 5.69 Å². The molecule has 0 atom stereocenters. The topological polar surface area (TPSA) is 71.1 Å². The van der Waals surface area contributed by atoms with Crippen molar-refractivity contribution < 1.29 is 9.59 Å². The summed E-state index contributed by atoms with van der Waals surface area (Å²) < 4.78 is 0. The number of amides is 2. The van der Waals surface area contributed by atoms with Crippen LogP contribution < -0.4 is 10.6 Å². The number of benzene rings is 1. The second-order valence-corrected chi connectivity index (χ2v) is 4.75. The Morgan fingerprint density at radius 1 is 1.23 bits per heavy atom. The van der Waals surface area contributed by atoms with E-state index >= 15 is 0 Å². The van der Waals surface area contributed by atoms with Gasteiger partial charge in [-0.1, -0.05) is 18.2 Å². The lowest BCUT2D eigenvalue weighted by Gasteiger charge is -2.07. The Hall–Kier alpha value is -2.95. The van der Waals surface area contributed by atoms with E-state index in [0.29, 0.717) is 17.8 Å². The van der Waals surface area contributed by atoms with Gasteiger partial charge in [-0.25, -0.2) is 0 Å². The lowest BCUT2D eigenvalue weighted by Crippen LogP contribution is -2.24. The molecule has 1 aromatic carbocycles. The minimum absolute atomic E-state index is 0.193. The van der Waals surface area contributed by atoms with Crippen molar-refractivity contribution in [3.8, 4) is 0 Å². The van der Waals surface area contributed by atoms with Crippen LogP contribution in [0.1, 0.15) is 26.4 Å². The molecule has 5 nitrogen and oxygen atoms in total. The third kappa shape index (κ3) is 4.02. The van der Waals surface area contributed by atoms with E-state index in [0.717, 1.165) is 5.56 Å². The summed E-state index contributed by atoms with van der Waals surface area (Å²) in [6.45, 7) is 5.82. The van der Waals surface area contributed by atoms with Gasteiger partial charge < -0.3 is 10.6 Å². The Labute approximate surface area is 129 Å². The van der Waals surface area contributed by atoms with Crippen LogP contribution in [0.4, 0.5) is 5.69 Å². The number of anilines is 1. The van der Waals surface area contributed by atoms with Crippen molar-refractivity contribution in [1.82, 2.24) is 10.3 Å². The van der Waals surface area contributed by atoms with Gasteiger partial charge in [0.25, 0.3) is 11.8 Å². The summed E-state index contributed by atoms with van der Waals surface area (Å²) in [4.78, 5) is 28.0. The molecule has 112 valence electrons. The molecule has 5 heteroatoms. The molecule has 0 saturated heterocycles. The average Bonchev–Trinajstić information content (AvgIpc) is 2.52. The molecule has 2 N–H and O–H groups in total. The fourth-order valence-electron chi connectivity index (χ4n) is 1.88. The summed E-state index contributed by atoms with van der Waals surface area (Å²) in [5.74, 6) is -0.629. The van der Waals surface area contributed by atoms with Crippen LogP contribution in [0.25, 0.3) is 0 Å². The van der Waals surface area contributed by atoms with Crippen LogP contribution in [-0.2, 0) is 0 Å². The Morgan fingerprint density at radius 2 is 2.05 bits per heavy atom. The molecule has 2 rings (SSSR count). The minimum atomic E-state index is -0.342. The smallest absolute Gasteiger partial charge is 0.270 e. The summed E-state index contributed by atoms with van der Waals surface area (Å²) in [5.41, 5.74) is 2.33. The highest BCUT2D eigenvalue weighted by molar-refractivity contribution is 6.05. The summed E-state index contributed by atoms with van der Waals surface area (Å²) in [6.07, 6.45) is 3.01. The zero-order valence-corrected chi connectivity index (χ0v) is 12.3. The van der Waals surface area contributed by atoms with E-state index in [9.17, 15) is 9.59 Å². The second kappa shape index (κ2) is 7.17. The quantitative estimate of drug-likeness (QED) is 0.833. The number of aryl methyl sites for hydroxylation is 1. The number of carbonyl (C=O) groups is 2. The number of rotatable bonds is 5. The van der Waals surface area contributed by atoms with E-state index in [1.54, 1.807) is 12.1 Å². The highest BCUT2D eigenvalue weighted by atomic mass is 16.2. The Morgan fingerprint density at radius 3 is 2.77 bits per heavy atom. The van der Waals surface area contributed by atoms with Crippen LogP contribution >= 0.6 is 0 Å². The highest BCUT2D eigenvalue weighted by Gasteiger charge is 2.11. The predicted molar refractivity (Wildman–Crippen MR) is 85.9 cm³/mol. The summed E-state index contributed by atoms with van der Waals surface area (Å²) >= 11 is 0. The number of nitrogens with one attached hydrogen (secondary N) is 2. The second-order valence-electron chi connectivity index (χ2n) is 4.75. The first-order chi connectivity index (χ1) is 10.6. The van der Waals surface area contributed by atoms with Crippen molar-refractivity contribution in [2.75, 3.05) is 11.9 Å². The van der Waals surface area contributed by atoms with Crippen molar-refractivity contribution >= 4 is 17.5 Å². The van der Waals surface area contributed by atoms with Gasteiger partial charge in [0.05, 0.1) is 0 Å². The molecule has 0 fully saturated rings. The minimum Gasteiger partial charge on any atom is -0.347 e. The molecule has 0 radical (unpaired) electrons. The van der Waals surface area contributed by atoms with Crippen LogP contribution in [0.5, 0.6) is 0 Å². The van der Waals surface area contributed by atoms with E-state index in [-0.39, 0.29) is 17.5 Å². The van der Waals surface area contributed by atoms with E-state index < -0.39 is 0 Å². The molecule has 0 spiro atoms. The Balaban J connectivity index is 2.13. The molecule has 0 aliphatic carbocycles. The first-order valence-corrected chi connectivity index (χ1v) is 6.83. The summed E-state index contributed by atoms with van der Waals surface area (Å²) in [7, 11) is 0. The van der Waals surface area contributed by atoms with E-state index in [2.05, 4.69) is 22.2 Å². The van der Waals surface area contributed by atoms with Gasteiger partial charge in [0, 0.05) is 24.0 Å². The van der Waals surface area contributed by atoms with E-state index in [1.165, 1.54) is 12.3 Å². The fraction of sp³-hybridized carbons (Fsp3) is 0.118.